The molecule has 41 heteroatoms. The SMILES string of the molecule is CC(C)(C)[C@H](NC(=O)N[C@H](CN1C(=O)c2ccncc2C1=O)C(C)(C)C)C(=O)N1C[C@H]2[C@@H]([C@H]1C(=O)NC(CC1CC1)C(=O)C(N)=O)C2(C)C.CC(C)(C)[C@H](NC(=O)N[C@H](CN1CCCNC1=O)C(C)(C)C)C(=O)N1C[C@H]2[C@@H]([C@H]1C(=O)NC(CC1CCC1)C(=O)C(N)=O)C2(C)C.CCCC(NC(=O)[C@@H]1[C@@H]2[C@H](CN1C(=O)[C@@H](NC(=O)N[C@H](CN1C(=O)c3ccncc3C1=O)C(C)(C)C)C(C)(C)C)C2(C)C)C(=O)C(N)=O. The zero-order valence-electron chi connectivity index (χ0n) is 87.7. The minimum Gasteiger partial charge on any atom is -0.363 e. The summed E-state index contributed by atoms with van der Waals surface area (Å²) in [4.78, 5) is 280. The van der Waals surface area contributed by atoms with Crippen LogP contribution in [0.2, 0.25) is 0 Å². The number of nitrogens with one attached hydrogen (secondary N) is 10. The molecule has 0 aromatic carbocycles. The second kappa shape index (κ2) is 41.6. The van der Waals surface area contributed by atoms with E-state index in [2.05, 4.69) is 77.0 Å². The summed E-state index contributed by atoms with van der Waals surface area (Å²) in [5, 5.41) is 28.4. The minimum atomic E-state index is -1.14. The number of hydrogen-bond acceptors (Lipinski definition) is 22. The van der Waals surface area contributed by atoms with Crippen LogP contribution in [0, 0.1) is 96.1 Å². The van der Waals surface area contributed by atoms with E-state index in [4.69, 9.17) is 17.2 Å². The van der Waals surface area contributed by atoms with E-state index in [-0.39, 0.29) is 129 Å². The van der Waals surface area contributed by atoms with Gasteiger partial charge >= 0.3 is 24.1 Å². The highest BCUT2D eigenvalue weighted by Crippen LogP contribution is 2.67. The summed E-state index contributed by atoms with van der Waals surface area (Å²) >= 11 is 0. The van der Waals surface area contributed by atoms with Crippen LogP contribution in [0.3, 0.4) is 0 Å². The third-order valence-corrected chi connectivity index (χ3v) is 31.6. The lowest BCUT2D eigenvalue weighted by Crippen LogP contribution is -2.63. The van der Waals surface area contributed by atoms with Crippen LogP contribution in [0.15, 0.2) is 36.9 Å². The van der Waals surface area contributed by atoms with Gasteiger partial charge in [-0.05, 0) is 134 Å². The Morgan fingerprint density at radius 2 is 0.699 bits per heavy atom. The molecule has 143 heavy (non-hydrogen) atoms. The maximum absolute atomic E-state index is 14.4. The first-order valence-electron chi connectivity index (χ1n) is 50.2. The molecule has 8 heterocycles. The van der Waals surface area contributed by atoms with E-state index < -0.39 is 206 Å². The molecule has 0 bridgehead atoms. The number of fused-ring (bicyclic) bond motifs is 5. The largest absolute Gasteiger partial charge is 0.363 e. The summed E-state index contributed by atoms with van der Waals surface area (Å²) in [5.41, 5.74) is 12.2. The van der Waals surface area contributed by atoms with E-state index in [1.165, 1.54) is 46.7 Å². The first-order valence-corrected chi connectivity index (χ1v) is 50.2. The highest BCUT2D eigenvalue weighted by Gasteiger charge is 2.73. The van der Waals surface area contributed by atoms with Gasteiger partial charge in [-0.25, -0.2) is 19.2 Å². The Bertz CT molecular complexity index is 5300. The minimum absolute atomic E-state index is 0.0308. The average molecular weight is 1990 g/mol. The molecule has 786 valence electrons. The number of carbonyl (C=O) groups excluding carboxylic acids is 20. The summed E-state index contributed by atoms with van der Waals surface area (Å²) < 4.78 is 0. The maximum atomic E-state index is 14.4. The molecule has 13 rings (SSSR count). The van der Waals surface area contributed by atoms with Crippen LogP contribution in [0.25, 0.3) is 0 Å². The van der Waals surface area contributed by atoms with Gasteiger partial charge in [0.25, 0.3) is 41.4 Å². The van der Waals surface area contributed by atoms with Gasteiger partial charge in [0.1, 0.15) is 36.3 Å². The van der Waals surface area contributed by atoms with E-state index in [0.717, 1.165) is 48.3 Å². The summed E-state index contributed by atoms with van der Waals surface area (Å²) in [6, 6.07) is -9.87. The summed E-state index contributed by atoms with van der Waals surface area (Å²) in [7, 11) is 0. The van der Waals surface area contributed by atoms with Crippen molar-refractivity contribution in [2.75, 3.05) is 52.4 Å². The number of pyridine rings is 2. The molecule has 21 amide bonds. The molecule has 5 saturated carbocycles. The average Bonchev–Trinajstić information content (AvgIpc) is 1.53. The second-order valence-electron chi connectivity index (χ2n) is 49.4. The molecule has 2 aromatic rings. The Balaban J connectivity index is 0.000000205. The van der Waals surface area contributed by atoms with Crippen LogP contribution in [-0.2, 0) is 57.5 Å². The molecule has 16 N–H and O–H groups in total. The van der Waals surface area contributed by atoms with Crippen molar-refractivity contribution in [2.45, 2.75) is 310 Å². The fraction of sp³-hybridized carbons (Fsp3) is 0.706. The monoisotopic (exact) mass is 1990 g/mol. The normalized spacial score (nSPS) is 24.5. The molecular formula is C102H153N21O20. The third kappa shape index (κ3) is 24.4. The molecule has 2 aromatic heterocycles. The number of rotatable bonds is 33. The number of urea groups is 4. The van der Waals surface area contributed by atoms with Gasteiger partial charge in [0.15, 0.2) is 0 Å². The van der Waals surface area contributed by atoms with E-state index >= 15 is 0 Å². The van der Waals surface area contributed by atoms with Crippen molar-refractivity contribution < 1.29 is 95.9 Å². The molecule has 5 aliphatic carbocycles. The summed E-state index contributed by atoms with van der Waals surface area (Å²) in [6.07, 6.45) is 12.4. The van der Waals surface area contributed by atoms with Gasteiger partial charge in [0, 0.05) is 64.1 Å². The highest BCUT2D eigenvalue weighted by molar-refractivity contribution is 6.39. The lowest BCUT2D eigenvalue weighted by atomic mass is 9.80. The van der Waals surface area contributed by atoms with Crippen LogP contribution in [0.5, 0.6) is 0 Å². The van der Waals surface area contributed by atoms with Crippen molar-refractivity contribution >= 4 is 118 Å². The molecule has 0 spiro atoms. The molecule has 18 atom stereocenters. The Labute approximate surface area is 837 Å². The van der Waals surface area contributed by atoms with Crippen molar-refractivity contribution in [1.29, 1.82) is 0 Å². The highest BCUT2D eigenvalue weighted by atomic mass is 16.2. The molecule has 0 radical (unpaired) electrons. The first kappa shape index (κ1) is 111. The van der Waals surface area contributed by atoms with Gasteiger partial charge in [-0.2, -0.15) is 0 Å². The van der Waals surface area contributed by atoms with Crippen LogP contribution in [0.4, 0.5) is 19.2 Å². The third-order valence-electron chi connectivity index (χ3n) is 31.6. The Hall–Kier alpha value is -12.1. The zero-order valence-corrected chi connectivity index (χ0v) is 87.7. The van der Waals surface area contributed by atoms with Crippen molar-refractivity contribution in [2.24, 2.45) is 113 Å². The van der Waals surface area contributed by atoms with Gasteiger partial charge in [-0.3, -0.25) is 96.5 Å². The van der Waals surface area contributed by atoms with Crippen molar-refractivity contribution in [3.8, 4) is 0 Å². The first-order chi connectivity index (χ1) is 66.0. The number of aromatic nitrogens is 2. The number of ketones is 3. The van der Waals surface area contributed by atoms with Crippen molar-refractivity contribution in [3.05, 3.63) is 59.2 Å². The number of hydrogen-bond donors (Lipinski definition) is 13. The van der Waals surface area contributed by atoms with Gasteiger partial charge in [-0.1, -0.05) is 212 Å². The van der Waals surface area contributed by atoms with Gasteiger partial charge < -0.3 is 90.0 Å². The smallest absolute Gasteiger partial charge is 0.317 e. The lowest BCUT2D eigenvalue weighted by Gasteiger charge is -2.40. The van der Waals surface area contributed by atoms with Crippen LogP contribution in [-0.4, -0.2) is 282 Å². The fourth-order valence-electron chi connectivity index (χ4n) is 21.6. The molecule has 4 saturated heterocycles. The number of piperidine rings is 3. The van der Waals surface area contributed by atoms with Gasteiger partial charge in [-0.15, -0.1) is 0 Å². The molecule has 9 fully saturated rings. The summed E-state index contributed by atoms with van der Waals surface area (Å²) in [5.74, 6) is -10.6. The molecule has 11 aliphatic rings. The number of imide groups is 2. The topological polar surface area (TPSA) is 585 Å². The number of likely N-dealkylation sites (tertiary alicyclic amines) is 3. The van der Waals surface area contributed by atoms with Crippen LogP contribution >= 0.6 is 0 Å². The molecular weight excluding hydrogens is 1840 g/mol. The number of nitrogens with zero attached hydrogens (tertiary/aromatic N) is 8. The van der Waals surface area contributed by atoms with Gasteiger partial charge in [0.05, 0.1) is 71.6 Å². The molecule has 41 nitrogen and oxygen atoms in total. The number of amides is 21. The van der Waals surface area contributed by atoms with E-state index in [1.54, 1.807) is 51.3 Å². The van der Waals surface area contributed by atoms with Crippen molar-refractivity contribution in [3.63, 3.8) is 0 Å². The maximum Gasteiger partial charge on any atom is 0.317 e. The summed E-state index contributed by atoms with van der Waals surface area (Å²) in [6.45, 7) is 49.8. The number of Topliss-reactive ketones (excluding diaryl/α,β-unsaturated/α-hetero) is 3. The predicted molar refractivity (Wildman–Crippen MR) is 525 cm³/mol. The van der Waals surface area contributed by atoms with Crippen molar-refractivity contribution in [1.82, 2.24) is 92.5 Å². The number of nitrogens with two attached hydrogens (primary N) is 3. The fourth-order valence-corrected chi connectivity index (χ4v) is 21.6. The predicted octanol–water partition coefficient (Wildman–Crippen LogP) is 5.00. The quantitative estimate of drug-likeness (QED) is 0.0330. The van der Waals surface area contributed by atoms with E-state index in [1.807, 2.05) is 118 Å². The van der Waals surface area contributed by atoms with Crippen LogP contribution in [0.1, 0.15) is 279 Å². The Morgan fingerprint density at radius 1 is 0.399 bits per heavy atom. The van der Waals surface area contributed by atoms with Gasteiger partial charge in [0.2, 0.25) is 52.8 Å². The van der Waals surface area contributed by atoms with E-state index in [9.17, 15) is 95.9 Å². The standard InChI is InChI=1S/C35H49N7O7.C34H49N7O7.C33H55N7O6/c1-33(2,3)22(16-42-29(46)18-11-12-37-14-19(18)30(42)47)39-32(49)40-26(34(4,5)6)31(48)41-15-20-23(35(20,7)8)24(41)28(45)38-21(13-17-9-10-17)25(43)27(36)44;1-10-11-20(24(42)26(35)43)37-27(44)23-22-19(34(22,8)9)15-40(23)30(47)25(33(5,6)7)39-31(48)38-21(32(2,3)4)16-41-28(45)17-12-13-36-14-18(17)29(41)46;1-31(2,3)21(17-39-14-10-13-35-30(39)46)37-29(45)38-25(32(4,5)6)28(44)40-16-19-22(33(19,7)8)23(40)27(43)36-20(24(41)26(34)42)15-18-11-9-12-18/h11-12,14,17,20-24,26H,9-10,13,15-16H2,1-8H3,(H2,36,44)(H,38,45)(H2,39,40,49);12-14,19-23,25H,10-11,15-16H2,1-9H3,(H2,35,43)(H,37,44)(H2,38,39,48);18-23,25H,9-17H2,1-8H3,(H2,34,42)(H,35,46)(H,36,43)(H2,37,38,45)/t20-,21?,22+,23-,24-,26+;2*19-,20?,21+,22-,23-,25+/m000/s1. The number of carbonyl (C=O) groups is 20. The Kier molecular flexibility index (Phi) is 32.3. The van der Waals surface area contributed by atoms with Crippen LogP contribution < -0.4 is 70.4 Å². The second-order valence-corrected chi connectivity index (χ2v) is 49.4. The zero-order chi connectivity index (χ0) is 107. The molecule has 6 aliphatic heterocycles. The molecule has 3 unspecified atom stereocenters. The van der Waals surface area contributed by atoms with E-state index in [0.29, 0.717) is 52.0 Å². The number of primary amides is 3. The Morgan fingerprint density at radius 3 is 0.972 bits per heavy atom. The lowest BCUT2D eigenvalue weighted by molar-refractivity contribution is -0.145.